The molecular weight excluding hydrogens is 245 g/mol. The zero-order valence-electron chi connectivity index (χ0n) is 9.01. The first-order chi connectivity index (χ1) is 7.59. The minimum atomic E-state index is -0.299. The average molecular weight is 260 g/mol. The Balaban J connectivity index is 2.15. The van der Waals surface area contributed by atoms with E-state index in [1.54, 1.807) is 6.07 Å². The van der Waals surface area contributed by atoms with E-state index in [9.17, 15) is 0 Å². The first-order valence-electron chi connectivity index (χ1n) is 5.40. The lowest BCUT2D eigenvalue weighted by Gasteiger charge is -2.33. The molecule has 1 heterocycles. The van der Waals surface area contributed by atoms with E-state index in [0.717, 1.165) is 30.0 Å². The van der Waals surface area contributed by atoms with Crippen molar-refractivity contribution in [3.8, 4) is 0 Å². The molecule has 0 aromatic heterocycles. The molecule has 0 aliphatic carbocycles. The smallest absolute Gasteiger partial charge is 0.0649 e. The highest BCUT2D eigenvalue weighted by Gasteiger charge is 2.29. The van der Waals surface area contributed by atoms with Crippen molar-refractivity contribution in [1.82, 2.24) is 0 Å². The quantitative estimate of drug-likeness (QED) is 0.887. The first kappa shape index (κ1) is 12.2. The van der Waals surface area contributed by atoms with Crippen LogP contribution in [0.15, 0.2) is 18.2 Å². The van der Waals surface area contributed by atoms with Gasteiger partial charge in [-0.25, -0.2) is 0 Å². The van der Waals surface area contributed by atoms with Crippen LogP contribution in [0.4, 0.5) is 0 Å². The summed E-state index contributed by atoms with van der Waals surface area (Å²) in [6, 6.07) is 5.48. The molecule has 1 unspecified atom stereocenters. The molecule has 16 heavy (non-hydrogen) atoms. The monoisotopic (exact) mass is 259 g/mol. The van der Waals surface area contributed by atoms with Crippen LogP contribution in [-0.4, -0.2) is 18.8 Å². The molecule has 2 N–H and O–H groups in total. The van der Waals surface area contributed by atoms with E-state index in [-0.39, 0.29) is 5.54 Å². The second-order valence-electron chi connectivity index (χ2n) is 4.43. The van der Waals surface area contributed by atoms with Gasteiger partial charge in [0.1, 0.15) is 0 Å². The molecule has 4 heteroatoms. The molecule has 0 amide bonds. The average Bonchev–Trinajstić information content (AvgIpc) is 2.24. The Morgan fingerprint density at radius 1 is 1.38 bits per heavy atom. The van der Waals surface area contributed by atoms with Gasteiger partial charge >= 0.3 is 0 Å². The molecule has 1 atom stereocenters. The van der Waals surface area contributed by atoms with Crippen LogP contribution in [0.1, 0.15) is 18.4 Å². The standard InChI is InChI=1S/C12H15Cl2NO/c13-10-2-3-11(14)9(6-10)7-12(15)4-1-5-16-8-12/h2-3,6H,1,4-5,7-8,15H2. The minimum absolute atomic E-state index is 0.299. The molecular formula is C12H15Cl2NO. The van der Waals surface area contributed by atoms with Gasteiger partial charge in [-0.05, 0) is 43.0 Å². The number of rotatable bonds is 2. The topological polar surface area (TPSA) is 35.2 Å². The molecule has 0 saturated carbocycles. The number of ether oxygens (including phenoxy) is 1. The van der Waals surface area contributed by atoms with Gasteiger partial charge in [-0.15, -0.1) is 0 Å². The number of nitrogens with two attached hydrogens (primary N) is 1. The molecule has 1 aromatic carbocycles. The highest BCUT2D eigenvalue weighted by Crippen LogP contribution is 2.27. The number of hydrogen-bond donors (Lipinski definition) is 1. The molecule has 1 aliphatic heterocycles. The lowest BCUT2D eigenvalue weighted by molar-refractivity contribution is 0.0382. The van der Waals surface area contributed by atoms with Gasteiger partial charge in [-0.3, -0.25) is 0 Å². The minimum Gasteiger partial charge on any atom is -0.380 e. The fourth-order valence-corrected chi connectivity index (χ4v) is 2.45. The van der Waals surface area contributed by atoms with E-state index in [4.69, 9.17) is 33.7 Å². The summed E-state index contributed by atoms with van der Waals surface area (Å²) in [4.78, 5) is 0. The molecule has 1 aliphatic rings. The molecule has 0 spiro atoms. The van der Waals surface area contributed by atoms with Crippen molar-refractivity contribution in [3.05, 3.63) is 33.8 Å². The van der Waals surface area contributed by atoms with Crippen molar-refractivity contribution in [2.45, 2.75) is 24.8 Å². The molecule has 88 valence electrons. The summed E-state index contributed by atoms with van der Waals surface area (Å²) in [7, 11) is 0. The van der Waals surface area contributed by atoms with E-state index in [1.165, 1.54) is 0 Å². The Morgan fingerprint density at radius 2 is 2.19 bits per heavy atom. The summed E-state index contributed by atoms with van der Waals surface area (Å²) >= 11 is 12.1. The highest BCUT2D eigenvalue weighted by atomic mass is 35.5. The van der Waals surface area contributed by atoms with Crippen molar-refractivity contribution in [1.29, 1.82) is 0 Å². The molecule has 2 rings (SSSR count). The van der Waals surface area contributed by atoms with Crippen molar-refractivity contribution in [3.63, 3.8) is 0 Å². The maximum absolute atomic E-state index is 6.28. The SMILES string of the molecule is NC1(Cc2cc(Cl)ccc2Cl)CCCOC1. The number of halogens is 2. The summed E-state index contributed by atoms with van der Waals surface area (Å²) in [5.41, 5.74) is 6.99. The fraction of sp³-hybridized carbons (Fsp3) is 0.500. The van der Waals surface area contributed by atoms with E-state index < -0.39 is 0 Å². The zero-order valence-corrected chi connectivity index (χ0v) is 10.5. The summed E-state index contributed by atoms with van der Waals surface area (Å²) in [6.07, 6.45) is 2.69. The summed E-state index contributed by atoms with van der Waals surface area (Å²) in [6.45, 7) is 1.40. The fourth-order valence-electron chi connectivity index (χ4n) is 2.07. The van der Waals surface area contributed by atoms with Gasteiger partial charge in [0.2, 0.25) is 0 Å². The van der Waals surface area contributed by atoms with Crippen molar-refractivity contribution < 1.29 is 4.74 Å². The summed E-state index contributed by atoms with van der Waals surface area (Å²) in [5.74, 6) is 0. The van der Waals surface area contributed by atoms with E-state index >= 15 is 0 Å². The molecule has 1 aromatic rings. The third kappa shape index (κ3) is 2.89. The first-order valence-corrected chi connectivity index (χ1v) is 6.15. The predicted octanol–water partition coefficient (Wildman–Crippen LogP) is 3.04. The molecule has 0 radical (unpaired) electrons. The molecule has 0 bridgehead atoms. The largest absolute Gasteiger partial charge is 0.380 e. The van der Waals surface area contributed by atoms with Gasteiger partial charge < -0.3 is 10.5 Å². The van der Waals surface area contributed by atoms with Crippen molar-refractivity contribution >= 4 is 23.2 Å². The maximum Gasteiger partial charge on any atom is 0.0649 e. The molecule has 1 fully saturated rings. The Bertz CT molecular complexity index is 375. The van der Waals surface area contributed by atoms with Crippen LogP contribution in [0.25, 0.3) is 0 Å². The second kappa shape index (κ2) is 4.92. The molecule has 2 nitrogen and oxygen atoms in total. The second-order valence-corrected chi connectivity index (χ2v) is 5.27. The van der Waals surface area contributed by atoms with Gasteiger partial charge in [0.25, 0.3) is 0 Å². The lowest BCUT2D eigenvalue weighted by Crippen LogP contribution is -2.49. The predicted molar refractivity (Wildman–Crippen MR) is 67.1 cm³/mol. The van der Waals surface area contributed by atoms with Crippen LogP contribution in [-0.2, 0) is 11.2 Å². The van der Waals surface area contributed by atoms with Crippen LogP contribution in [0, 0.1) is 0 Å². The van der Waals surface area contributed by atoms with Gasteiger partial charge in [-0.2, -0.15) is 0 Å². The van der Waals surface area contributed by atoms with Gasteiger partial charge in [-0.1, -0.05) is 23.2 Å². The number of hydrogen-bond acceptors (Lipinski definition) is 2. The normalized spacial score (nSPS) is 25.7. The summed E-state index contributed by atoms with van der Waals surface area (Å²) < 4.78 is 5.43. The summed E-state index contributed by atoms with van der Waals surface area (Å²) in [5, 5.41) is 1.42. The lowest BCUT2D eigenvalue weighted by atomic mass is 9.87. The maximum atomic E-state index is 6.28. The molecule has 1 saturated heterocycles. The zero-order chi connectivity index (χ0) is 11.6. The van der Waals surface area contributed by atoms with Crippen molar-refractivity contribution in [2.24, 2.45) is 5.73 Å². The van der Waals surface area contributed by atoms with Gasteiger partial charge in [0, 0.05) is 22.2 Å². The third-order valence-electron chi connectivity index (χ3n) is 2.90. The van der Waals surface area contributed by atoms with E-state index in [1.807, 2.05) is 12.1 Å². The van der Waals surface area contributed by atoms with E-state index in [2.05, 4.69) is 0 Å². The Kier molecular flexibility index (Phi) is 3.75. The van der Waals surface area contributed by atoms with E-state index in [0.29, 0.717) is 18.1 Å². The Hall–Kier alpha value is -0.280. The van der Waals surface area contributed by atoms with Crippen LogP contribution < -0.4 is 5.73 Å². The van der Waals surface area contributed by atoms with Crippen LogP contribution >= 0.6 is 23.2 Å². The Labute approximate surface area is 106 Å². The highest BCUT2D eigenvalue weighted by molar-refractivity contribution is 6.33. The number of benzene rings is 1. The third-order valence-corrected chi connectivity index (χ3v) is 3.51. The van der Waals surface area contributed by atoms with Gasteiger partial charge in [0.15, 0.2) is 0 Å². The Morgan fingerprint density at radius 3 is 2.88 bits per heavy atom. The van der Waals surface area contributed by atoms with Crippen LogP contribution in [0.3, 0.4) is 0 Å². The van der Waals surface area contributed by atoms with Crippen LogP contribution in [0.2, 0.25) is 10.0 Å². The van der Waals surface area contributed by atoms with Crippen LogP contribution in [0.5, 0.6) is 0 Å². The van der Waals surface area contributed by atoms with Crippen molar-refractivity contribution in [2.75, 3.05) is 13.2 Å². The van der Waals surface area contributed by atoms with Gasteiger partial charge in [0.05, 0.1) is 6.61 Å².